The van der Waals surface area contributed by atoms with Crippen LogP contribution in [0.3, 0.4) is 0 Å². The van der Waals surface area contributed by atoms with Crippen molar-refractivity contribution in [1.29, 1.82) is 0 Å². The zero-order valence-electron chi connectivity index (χ0n) is 7.82. The lowest BCUT2D eigenvalue weighted by atomic mass is 10.6. The average molecular weight is 200 g/mol. The molecule has 3 aromatic heterocycles. The van der Waals surface area contributed by atoms with Crippen molar-refractivity contribution in [3.05, 3.63) is 49.1 Å². The lowest BCUT2D eigenvalue weighted by Gasteiger charge is -1.99. The fraction of sp³-hybridized carbons (Fsp3) is 0. The molecule has 0 saturated carbocycles. The van der Waals surface area contributed by atoms with Gasteiger partial charge in [-0.05, 0) is 34.6 Å². The quantitative estimate of drug-likeness (QED) is 0.632. The third-order valence-corrected chi connectivity index (χ3v) is 2.15. The largest absolute Gasteiger partial charge is 0.303 e. The normalized spacial score (nSPS) is 10.7. The van der Waals surface area contributed by atoms with E-state index < -0.39 is 0 Å². The molecule has 15 heavy (non-hydrogen) atoms. The maximum Gasteiger partial charge on any atom is 0.226 e. The zero-order valence-corrected chi connectivity index (χ0v) is 7.82. The first-order valence-electron chi connectivity index (χ1n) is 4.54. The molecule has 0 aliphatic carbocycles. The van der Waals surface area contributed by atoms with Crippen LogP contribution in [-0.2, 0) is 0 Å². The summed E-state index contributed by atoms with van der Waals surface area (Å²) in [5.41, 5.74) is 0. The highest BCUT2D eigenvalue weighted by atomic mass is 16.6. The van der Waals surface area contributed by atoms with Gasteiger partial charge in [0.25, 0.3) is 0 Å². The second-order valence-corrected chi connectivity index (χ2v) is 3.09. The van der Waals surface area contributed by atoms with Gasteiger partial charge in [-0.1, -0.05) is 0 Å². The molecule has 0 aromatic carbocycles. The minimum Gasteiger partial charge on any atom is -0.303 e. The molecule has 0 spiro atoms. The molecule has 0 N–H and O–H groups in total. The van der Waals surface area contributed by atoms with Crippen LogP contribution in [-0.4, -0.2) is 19.4 Å². The summed E-state index contributed by atoms with van der Waals surface area (Å²) >= 11 is 0. The summed E-state index contributed by atoms with van der Waals surface area (Å²) in [7, 11) is 0. The first kappa shape index (κ1) is 8.05. The Kier molecular flexibility index (Phi) is 1.68. The zero-order chi connectivity index (χ0) is 10.1. The molecule has 0 amide bonds. The number of aromatic nitrogens is 4. The predicted molar refractivity (Wildman–Crippen MR) is 53.0 cm³/mol. The van der Waals surface area contributed by atoms with Gasteiger partial charge in [-0.15, -0.1) is 0 Å². The van der Waals surface area contributed by atoms with Gasteiger partial charge < -0.3 is 9.13 Å². The Bertz CT molecular complexity index is 487. The van der Waals surface area contributed by atoms with Crippen LogP contribution < -0.4 is 0 Å². The lowest BCUT2D eigenvalue weighted by Crippen LogP contribution is -1.98. The minimum absolute atomic E-state index is 0.677. The predicted octanol–water partition coefficient (Wildman–Crippen LogP) is 1.65. The summed E-state index contributed by atoms with van der Waals surface area (Å²) in [4.78, 5) is 0. The summed E-state index contributed by atoms with van der Waals surface area (Å²) in [6.45, 7) is 0. The van der Waals surface area contributed by atoms with Gasteiger partial charge in [-0.25, -0.2) is 4.63 Å². The fourth-order valence-electron chi connectivity index (χ4n) is 1.46. The van der Waals surface area contributed by atoms with Crippen molar-refractivity contribution < 1.29 is 4.63 Å². The maximum atomic E-state index is 4.75. The Morgan fingerprint density at radius 3 is 1.53 bits per heavy atom. The van der Waals surface area contributed by atoms with Crippen molar-refractivity contribution in [3.8, 4) is 11.6 Å². The summed E-state index contributed by atoms with van der Waals surface area (Å²) in [5, 5.41) is 7.74. The summed E-state index contributed by atoms with van der Waals surface area (Å²) in [6, 6.07) is 7.70. The van der Waals surface area contributed by atoms with E-state index in [2.05, 4.69) is 10.3 Å². The van der Waals surface area contributed by atoms with Crippen molar-refractivity contribution in [3.63, 3.8) is 0 Å². The van der Waals surface area contributed by atoms with Crippen molar-refractivity contribution >= 4 is 0 Å². The number of hydrogen-bond acceptors (Lipinski definition) is 3. The number of rotatable bonds is 2. The molecule has 3 rings (SSSR count). The molecule has 3 heterocycles. The molecular formula is C10H8N4O. The van der Waals surface area contributed by atoms with Crippen LogP contribution in [0.4, 0.5) is 0 Å². The highest BCUT2D eigenvalue weighted by Crippen LogP contribution is 2.14. The Hall–Kier alpha value is -2.30. The molecule has 0 bridgehead atoms. The Morgan fingerprint density at radius 2 is 1.13 bits per heavy atom. The van der Waals surface area contributed by atoms with Crippen molar-refractivity contribution in [2.75, 3.05) is 0 Å². The first-order valence-corrected chi connectivity index (χ1v) is 4.54. The van der Waals surface area contributed by atoms with Gasteiger partial charge in [-0.2, -0.15) is 0 Å². The van der Waals surface area contributed by atoms with E-state index in [-0.39, 0.29) is 0 Å². The van der Waals surface area contributed by atoms with Gasteiger partial charge in [0.1, 0.15) is 0 Å². The highest BCUT2D eigenvalue weighted by Gasteiger charge is 2.11. The SMILES string of the molecule is c1ccn(-c2nonc2-n2cccc2)c1. The molecular weight excluding hydrogens is 192 g/mol. The number of nitrogens with zero attached hydrogens (tertiary/aromatic N) is 4. The van der Waals surface area contributed by atoms with Gasteiger partial charge in [0, 0.05) is 24.8 Å². The summed E-state index contributed by atoms with van der Waals surface area (Å²) in [5.74, 6) is 1.35. The summed E-state index contributed by atoms with van der Waals surface area (Å²) < 4.78 is 8.46. The molecule has 3 aromatic rings. The Balaban J connectivity index is 2.15. The molecule has 74 valence electrons. The van der Waals surface area contributed by atoms with Crippen molar-refractivity contribution in [2.24, 2.45) is 0 Å². The van der Waals surface area contributed by atoms with E-state index >= 15 is 0 Å². The fourth-order valence-corrected chi connectivity index (χ4v) is 1.46. The van der Waals surface area contributed by atoms with Crippen LogP contribution in [0.1, 0.15) is 0 Å². The van der Waals surface area contributed by atoms with E-state index in [0.29, 0.717) is 11.6 Å². The van der Waals surface area contributed by atoms with Crippen molar-refractivity contribution in [1.82, 2.24) is 19.4 Å². The summed E-state index contributed by atoms with van der Waals surface area (Å²) in [6.07, 6.45) is 7.58. The average Bonchev–Trinajstić information content (AvgIpc) is 3.01. The maximum absolute atomic E-state index is 4.75. The van der Waals surface area contributed by atoms with Gasteiger partial charge in [0.15, 0.2) is 0 Å². The van der Waals surface area contributed by atoms with Gasteiger partial charge in [0.2, 0.25) is 11.6 Å². The molecule has 0 unspecified atom stereocenters. The Labute approximate surface area is 85.5 Å². The monoisotopic (exact) mass is 200 g/mol. The van der Waals surface area contributed by atoms with Crippen LogP contribution in [0.5, 0.6) is 0 Å². The molecule has 0 aliphatic heterocycles. The smallest absolute Gasteiger partial charge is 0.226 e. The molecule has 0 radical (unpaired) electrons. The third kappa shape index (κ3) is 1.25. The second-order valence-electron chi connectivity index (χ2n) is 3.09. The molecule has 0 fully saturated rings. The van der Waals surface area contributed by atoms with E-state index in [1.807, 2.05) is 58.2 Å². The van der Waals surface area contributed by atoms with E-state index in [1.54, 1.807) is 0 Å². The van der Waals surface area contributed by atoms with Crippen LogP contribution in [0.25, 0.3) is 11.6 Å². The molecule has 0 aliphatic rings. The van der Waals surface area contributed by atoms with Gasteiger partial charge >= 0.3 is 0 Å². The molecule has 0 saturated heterocycles. The van der Waals surface area contributed by atoms with Crippen LogP contribution in [0, 0.1) is 0 Å². The van der Waals surface area contributed by atoms with E-state index in [0.717, 1.165) is 0 Å². The molecule has 5 nitrogen and oxygen atoms in total. The lowest BCUT2D eigenvalue weighted by molar-refractivity contribution is 0.305. The van der Waals surface area contributed by atoms with Crippen molar-refractivity contribution in [2.45, 2.75) is 0 Å². The van der Waals surface area contributed by atoms with Crippen LogP contribution in [0.15, 0.2) is 53.7 Å². The Morgan fingerprint density at radius 1 is 0.733 bits per heavy atom. The van der Waals surface area contributed by atoms with E-state index in [9.17, 15) is 0 Å². The highest BCUT2D eigenvalue weighted by molar-refractivity contribution is 5.39. The van der Waals surface area contributed by atoms with E-state index in [4.69, 9.17) is 4.63 Å². The minimum atomic E-state index is 0.677. The standard InChI is InChI=1S/C10H8N4O/c1-2-6-13(5-1)9-10(12-15-11-9)14-7-3-4-8-14/h1-8H. The number of hydrogen-bond donors (Lipinski definition) is 0. The van der Waals surface area contributed by atoms with Gasteiger partial charge in [-0.3, -0.25) is 0 Å². The molecule has 5 heteroatoms. The van der Waals surface area contributed by atoms with E-state index in [1.165, 1.54) is 0 Å². The van der Waals surface area contributed by atoms with Gasteiger partial charge in [0.05, 0.1) is 0 Å². The van der Waals surface area contributed by atoms with Crippen LogP contribution >= 0.6 is 0 Å². The topological polar surface area (TPSA) is 48.8 Å². The third-order valence-electron chi connectivity index (χ3n) is 2.15. The molecule has 0 atom stereocenters. The second kappa shape index (κ2) is 3.13. The van der Waals surface area contributed by atoms with Crippen LogP contribution in [0.2, 0.25) is 0 Å². The first-order chi connectivity index (χ1) is 7.45.